The van der Waals surface area contributed by atoms with E-state index in [9.17, 15) is 8.78 Å². The first-order valence-electron chi connectivity index (χ1n) is 4.31. The van der Waals surface area contributed by atoms with Crippen LogP contribution in [-0.2, 0) is 0 Å². The summed E-state index contributed by atoms with van der Waals surface area (Å²) in [7, 11) is 0. The van der Waals surface area contributed by atoms with Gasteiger partial charge in [-0.2, -0.15) is 0 Å². The molecule has 0 fully saturated rings. The molecule has 1 aliphatic rings. The van der Waals surface area contributed by atoms with Crippen molar-refractivity contribution in [3.8, 4) is 0 Å². The minimum atomic E-state index is -2.64. The molecule has 0 spiro atoms. The summed E-state index contributed by atoms with van der Waals surface area (Å²) in [4.78, 5) is 0. The van der Waals surface area contributed by atoms with E-state index in [1.807, 2.05) is 6.08 Å². The second-order valence-corrected chi connectivity index (χ2v) is 3.55. The zero-order chi connectivity index (χ0) is 9.19. The number of alkyl halides is 2. The standard InChI is InChI=1S/C9H15F2N/c1-9(10,11)6-8(12)7-4-2-3-5-7/h4,8H,2-3,5-6,12H2,1H3. The zero-order valence-corrected chi connectivity index (χ0v) is 7.32. The minimum absolute atomic E-state index is 0.223. The monoisotopic (exact) mass is 175 g/mol. The first kappa shape index (κ1) is 9.65. The molecule has 1 atom stereocenters. The highest BCUT2D eigenvalue weighted by Gasteiger charge is 2.27. The summed E-state index contributed by atoms with van der Waals surface area (Å²) in [5.74, 6) is -2.64. The van der Waals surface area contributed by atoms with Crippen LogP contribution in [0.5, 0.6) is 0 Å². The van der Waals surface area contributed by atoms with Crippen molar-refractivity contribution in [2.45, 2.75) is 44.6 Å². The molecular formula is C9H15F2N. The number of halogens is 2. The van der Waals surface area contributed by atoms with Gasteiger partial charge in [-0.3, -0.25) is 0 Å². The Balaban J connectivity index is 2.42. The molecule has 0 bridgehead atoms. The summed E-state index contributed by atoms with van der Waals surface area (Å²) in [6, 6.07) is -0.438. The van der Waals surface area contributed by atoms with Gasteiger partial charge in [0.1, 0.15) is 0 Å². The Hall–Kier alpha value is -0.440. The Bertz CT molecular complexity index is 181. The van der Waals surface area contributed by atoms with Gasteiger partial charge in [0.25, 0.3) is 0 Å². The Morgan fingerprint density at radius 1 is 1.67 bits per heavy atom. The molecule has 12 heavy (non-hydrogen) atoms. The lowest BCUT2D eigenvalue weighted by Crippen LogP contribution is -2.29. The molecule has 0 aliphatic heterocycles. The van der Waals surface area contributed by atoms with E-state index in [1.54, 1.807) is 0 Å². The molecule has 70 valence electrons. The van der Waals surface area contributed by atoms with E-state index in [0.29, 0.717) is 0 Å². The third-order valence-electron chi connectivity index (χ3n) is 2.13. The molecule has 1 nitrogen and oxygen atoms in total. The molecular weight excluding hydrogens is 160 g/mol. The smallest absolute Gasteiger partial charge is 0.247 e. The van der Waals surface area contributed by atoms with Gasteiger partial charge in [0.15, 0.2) is 0 Å². The van der Waals surface area contributed by atoms with Gasteiger partial charge in [-0.1, -0.05) is 11.6 Å². The third kappa shape index (κ3) is 2.89. The molecule has 0 saturated heterocycles. The number of rotatable bonds is 3. The SMILES string of the molecule is CC(F)(F)CC(N)C1=CCCC1. The molecule has 3 heteroatoms. The van der Waals surface area contributed by atoms with Crippen molar-refractivity contribution >= 4 is 0 Å². The van der Waals surface area contributed by atoms with Crippen LogP contribution in [0.15, 0.2) is 11.6 Å². The maximum Gasteiger partial charge on any atom is 0.247 e. The van der Waals surface area contributed by atoms with Crippen LogP contribution in [0.2, 0.25) is 0 Å². The lowest BCUT2D eigenvalue weighted by molar-refractivity contribution is 0.00916. The van der Waals surface area contributed by atoms with Gasteiger partial charge >= 0.3 is 0 Å². The van der Waals surface area contributed by atoms with Crippen molar-refractivity contribution < 1.29 is 8.78 Å². The van der Waals surface area contributed by atoms with Crippen LogP contribution in [0.1, 0.15) is 32.6 Å². The molecule has 0 heterocycles. The van der Waals surface area contributed by atoms with Crippen LogP contribution in [0.3, 0.4) is 0 Å². The van der Waals surface area contributed by atoms with E-state index < -0.39 is 12.0 Å². The van der Waals surface area contributed by atoms with Gasteiger partial charge in [-0.25, -0.2) is 8.78 Å². The molecule has 1 rings (SSSR count). The number of hydrogen-bond donors (Lipinski definition) is 1. The molecule has 0 aromatic rings. The third-order valence-corrected chi connectivity index (χ3v) is 2.13. The summed E-state index contributed by atoms with van der Waals surface area (Å²) in [5, 5.41) is 0. The van der Waals surface area contributed by atoms with Gasteiger partial charge in [-0.15, -0.1) is 0 Å². The summed E-state index contributed by atoms with van der Waals surface area (Å²) < 4.78 is 25.0. The van der Waals surface area contributed by atoms with E-state index in [-0.39, 0.29) is 6.42 Å². The van der Waals surface area contributed by atoms with Gasteiger partial charge < -0.3 is 5.73 Å². The Kier molecular flexibility index (Phi) is 2.83. The van der Waals surface area contributed by atoms with E-state index >= 15 is 0 Å². The highest BCUT2D eigenvalue weighted by Crippen LogP contribution is 2.26. The predicted octanol–water partition coefficient (Wildman–Crippen LogP) is 2.47. The molecule has 0 aromatic carbocycles. The largest absolute Gasteiger partial charge is 0.324 e. The second-order valence-electron chi connectivity index (χ2n) is 3.55. The predicted molar refractivity (Wildman–Crippen MR) is 45.1 cm³/mol. The minimum Gasteiger partial charge on any atom is -0.324 e. The Labute approximate surface area is 71.6 Å². The van der Waals surface area contributed by atoms with E-state index in [1.165, 1.54) is 0 Å². The van der Waals surface area contributed by atoms with Gasteiger partial charge in [-0.05, 0) is 26.2 Å². The van der Waals surface area contributed by atoms with Crippen LogP contribution in [0.4, 0.5) is 8.78 Å². The average molecular weight is 175 g/mol. The first-order chi connectivity index (χ1) is 5.49. The molecule has 0 radical (unpaired) electrons. The van der Waals surface area contributed by atoms with Crippen molar-refractivity contribution in [2.24, 2.45) is 5.73 Å². The van der Waals surface area contributed by atoms with Crippen molar-refractivity contribution in [1.82, 2.24) is 0 Å². The van der Waals surface area contributed by atoms with E-state index in [0.717, 1.165) is 31.8 Å². The summed E-state index contributed by atoms with van der Waals surface area (Å²) in [6.45, 7) is 0.919. The van der Waals surface area contributed by atoms with Crippen LogP contribution in [0, 0.1) is 0 Å². The normalized spacial score (nSPS) is 20.8. The molecule has 2 N–H and O–H groups in total. The van der Waals surface area contributed by atoms with Crippen LogP contribution < -0.4 is 5.73 Å². The zero-order valence-electron chi connectivity index (χ0n) is 7.32. The first-order valence-corrected chi connectivity index (χ1v) is 4.31. The fourth-order valence-corrected chi connectivity index (χ4v) is 1.55. The molecule has 1 aliphatic carbocycles. The maximum atomic E-state index is 12.5. The molecule has 0 saturated carbocycles. The van der Waals surface area contributed by atoms with Crippen LogP contribution in [-0.4, -0.2) is 12.0 Å². The van der Waals surface area contributed by atoms with Gasteiger partial charge in [0.05, 0.1) is 0 Å². The Morgan fingerprint density at radius 2 is 2.33 bits per heavy atom. The topological polar surface area (TPSA) is 26.0 Å². The van der Waals surface area contributed by atoms with Gasteiger partial charge in [0.2, 0.25) is 5.92 Å². The van der Waals surface area contributed by atoms with Gasteiger partial charge in [0, 0.05) is 12.5 Å². The number of allylic oxidation sites excluding steroid dienone is 1. The number of nitrogens with two attached hydrogens (primary N) is 1. The molecule has 0 aromatic heterocycles. The number of hydrogen-bond acceptors (Lipinski definition) is 1. The van der Waals surface area contributed by atoms with Crippen LogP contribution >= 0.6 is 0 Å². The van der Waals surface area contributed by atoms with Crippen molar-refractivity contribution in [3.05, 3.63) is 11.6 Å². The fraction of sp³-hybridized carbons (Fsp3) is 0.778. The molecule has 0 amide bonds. The van der Waals surface area contributed by atoms with Crippen molar-refractivity contribution in [1.29, 1.82) is 0 Å². The average Bonchev–Trinajstić information content (AvgIpc) is 2.32. The highest BCUT2D eigenvalue weighted by atomic mass is 19.3. The van der Waals surface area contributed by atoms with Crippen molar-refractivity contribution in [2.75, 3.05) is 0 Å². The lowest BCUT2D eigenvalue weighted by atomic mass is 10.0. The quantitative estimate of drug-likeness (QED) is 0.655. The van der Waals surface area contributed by atoms with E-state index in [2.05, 4.69) is 0 Å². The summed E-state index contributed by atoms with van der Waals surface area (Å²) in [5.41, 5.74) is 6.63. The Morgan fingerprint density at radius 3 is 2.75 bits per heavy atom. The second kappa shape index (κ2) is 3.52. The highest BCUT2D eigenvalue weighted by molar-refractivity contribution is 5.14. The van der Waals surface area contributed by atoms with E-state index in [4.69, 9.17) is 5.73 Å². The fourth-order valence-electron chi connectivity index (χ4n) is 1.55. The lowest BCUT2D eigenvalue weighted by Gasteiger charge is -2.17. The van der Waals surface area contributed by atoms with Crippen LogP contribution in [0.25, 0.3) is 0 Å². The summed E-state index contributed by atoms with van der Waals surface area (Å²) in [6.07, 6.45) is 4.74. The van der Waals surface area contributed by atoms with Crippen molar-refractivity contribution in [3.63, 3.8) is 0 Å². The summed E-state index contributed by atoms with van der Waals surface area (Å²) >= 11 is 0. The molecule has 1 unspecified atom stereocenters. The maximum absolute atomic E-state index is 12.5.